The molecule has 1 rings (SSSR count). The van der Waals surface area contributed by atoms with Crippen molar-refractivity contribution in [2.75, 3.05) is 12.3 Å². The third-order valence-electron chi connectivity index (χ3n) is 2.16. The molecule has 1 aromatic rings. The fourth-order valence-electron chi connectivity index (χ4n) is 1.25. The number of nitrogens with one attached hydrogen (secondary N) is 1. The molecule has 0 fully saturated rings. The lowest BCUT2D eigenvalue weighted by molar-refractivity contribution is 0.0958. The van der Waals surface area contributed by atoms with Gasteiger partial charge in [-0.05, 0) is 20.8 Å². The van der Waals surface area contributed by atoms with Gasteiger partial charge in [0, 0.05) is 24.1 Å². The molecule has 0 aliphatic carbocycles. The van der Waals surface area contributed by atoms with Crippen molar-refractivity contribution >= 4 is 28.0 Å². The Bertz CT molecular complexity index is 548. The largest absolute Gasteiger partial charge is 0.350 e. The minimum absolute atomic E-state index is 0.0131. The summed E-state index contributed by atoms with van der Waals surface area (Å²) in [5, 5.41) is 2.79. The molecular formula is C14H20N2O2S2. The molecule has 0 saturated heterocycles. The standard InChI is InChI=1S/C14H20N2O2S2/c1-5-20(18)13-16-10-11(19-13)12(17)15-9-7-6-8-14(2,3)4/h10H,5,7,9H2,1-4H3,(H,15,17). The zero-order chi connectivity index (χ0) is 15.2. The van der Waals surface area contributed by atoms with Crippen LogP contribution < -0.4 is 5.32 Å². The third-order valence-corrected chi connectivity index (χ3v) is 4.78. The lowest BCUT2D eigenvalue weighted by Crippen LogP contribution is -2.23. The van der Waals surface area contributed by atoms with Gasteiger partial charge in [0.05, 0.1) is 17.0 Å². The van der Waals surface area contributed by atoms with Crippen molar-refractivity contribution in [2.24, 2.45) is 5.41 Å². The summed E-state index contributed by atoms with van der Waals surface area (Å²) in [5.41, 5.74) is -0.0131. The summed E-state index contributed by atoms with van der Waals surface area (Å²) in [5.74, 6) is 6.48. The highest BCUT2D eigenvalue weighted by atomic mass is 32.2. The molecule has 0 bridgehead atoms. The molecule has 20 heavy (non-hydrogen) atoms. The van der Waals surface area contributed by atoms with Crippen LogP contribution in [-0.2, 0) is 10.8 Å². The van der Waals surface area contributed by atoms with Gasteiger partial charge in [0.15, 0.2) is 4.34 Å². The second-order valence-electron chi connectivity index (χ2n) is 5.18. The molecule has 0 saturated carbocycles. The van der Waals surface area contributed by atoms with E-state index < -0.39 is 10.8 Å². The van der Waals surface area contributed by atoms with Crippen LogP contribution in [0.1, 0.15) is 43.8 Å². The number of thiazole rings is 1. The molecule has 1 atom stereocenters. The zero-order valence-electron chi connectivity index (χ0n) is 12.3. The maximum absolute atomic E-state index is 11.8. The van der Waals surface area contributed by atoms with Gasteiger partial charge in [-0.3, -0.25) is 9.00 Å². The zero-order valence-corrected chi connectivity index (χ0v) is 13.9. The molecular weight excluding hydrogens is 292 g/mol. The number of hydrogen-bond donors (Lipinski definition) is 1. The molecule has 110 valence electrons. The van der Waals surface area contributed by atoms with Crippen LogP contribution in [-0.4, -0.2) is 27.4 Å². The quantitative estimate of drug-likeness (QED) is 0.671. The van der Waals surface area contributed by atoms with Crippen LogP contribution in [0.4, 0.5) is 0 Å². The van der Waals surface area contributed by atoms with Gasteiger partial charge >= 0.3 is 0 Å². The lowest BCUT2D eigenvalue weighted by atomic mass is 9.98. The Balaban J connectivity index is 2.45. The van der Waals surface area contributed by atoms with Crippen LogP contribution in [0.2, 0.25) is 0 Å². The molecule has 0 spiro atoms. The van der Waals surface area contributed by atoms with Crippen LogP contribution >= 0.6 is 11.3 Å². The first-order valence-corrected chi connectivity index (χ1v) is 8.59. The Morgan fingerprint density at radius 3 is 2.80 bits per heavy atom. The summed E-state index contributed by atoms with van der Waals surface area (Å²) in [6.45, 7) is 8.47. The summed E-state index contributed by atoms with van der Waals surface area (Å²) in [6, 6.07) is 0. The Morgan fingerprint density at radius 1 is 1.50 bits per heavy atom. The highest BCUT2D eigenvalue weighted by Gasteiger charge is 2.12. The van der Waals surface area contributed by atoms with E-state index in [9.17, 15) is 9.00 Å². The van der Waals surface area contributed by atoms with Gasteiger partial charge in [-0.15, -0.1) is 17.3 Å². The third kappa shape index (κ3) is 5.85. The number of carbonyl (C=O) groups excluding carboxylic acids is 1. The van der Waals surface area contributed by atoms with Crippen molar-refractivity contribution in [2.45, 2.75) is 38.5 Å². The number of rotatable bonds is 5. The first-order chi connectivity index (χ1) is 9.33. The minimum atomic E-state index is -1.10. The smallest absolute Gasteiger partial charge is 0.263 e. The molecule has 0 aliphatic rings. The highest BCUT2D eigenvalue weighted by Crippen LogP contribution is 2.16. The summed E-state index contributed by atoms with van der Waals surface area (Å²) in [7, 11) is -1.10. The van der Waals surface area contributed by atoms with Crippen molar-refractivity contribution in [1.29, 1.82) is 0 Å². The number of nitrogens with zero attached hydrogens (tertiary/aromatic N) is 1. The van der Waals surface area contributed by atoms with E-state index in [1.54, 1.807) is 0 Å². The predicted molar refractivity (Wildman–Crippen MR) is 83.2 cm³/mol. The topological polar surface area (TPSA) is 59.1 Å². The Kier molecular flexibility index (Phi) is 6.37. The minimum Gasteiger partial charge on any atom is -0.350 e. The SMILES string of the molecule is CCS(=O)c1ncc(C(=O)NCCC#CC(C)(C)C)s1. The summed E-state index contributed by atoms with van der Waals surface area (Å²) >= 11 is 1.18. The molecule has 1 N–H and O–H groups in total. The molecule has 1 aromatic heterocycles. The van der Waals surface area contributed by atoms with E-state index in [4.69, 9.17) is 0 Å². The van der Waals surface area contributed by atoms with Gasteiger partial charge in [-0.25, -0.2) is 4.98 Å². The summed E-state index contributed by atoms with van der Waals surface area (Å²) in [4.78, 5) is 16.3. The number of carbonyl (C=O) groups is 1. The predicted octanol–water partition coefficient (Wildman–Crippen LogP) is 2.44. The van der Waals surface area contributed by atoms with E-state index in [0.29, 0.717) is 27.9 Å². The van der Waals surface area contributed by atoms with Gasteiger partial charge in [0.25, 0.3) is 5.91 Å². The van der Waals surface area contributed by atoms with Gasteiger partial charge < -0.3 is 5.32 Å². The van der Waals surface area contributed by atoms with E-state index in [1.165, 1.54) is 17.5 Å². The average molecular weight is 312 g/mol. The van der Waals surface area contributed by atoms with Gasteiger partial charge in [-0.2, -0.15) is 0 Å². The summed E-state index contributed by atoms with van der Waals surface area (Å²) in [6.07, 6.45) is 2.10. The van der Waals surface area contributed by atoms with E-state index in [0.717, 1.165) is 0 Å². The Hall–Kier alpha value is -1.19. The van der Waals surface area contributed by atoms with E-state index >= 15 is 0 Å². The first-order valence-electron chi connectivity index (χ1n) is 6.46. The van der Waals surface area contributed by atoms with E-state index in [1.807, 2.05) is 27.7 Å². The van der Waals surface area contributed by atoms with Crippen molar-refractivity contribution in [1.82, 2.24) is 10.3 Å². The first kappa shape index (κ1) is 16.9. The fourth-order valence-corrected chi connectivity index (χ4v) is 3.22. The van der Waals surface area contributed by atoms with Crippen molar-refractivity contribution in [3.63, 3.8) is 0 Å². The van der Waals surface area contributed by atoms with Crippen LogP contribution in [0.3, 0.4) is 0 Å². The molecule has 6 heteroatoms. The lowest BCUT2D eigenvalue weighted by Gasteiger charge is -2.06. The molecule has 0 aliphatic heterocycles. The van der Waals surface area contributed by atoms with Crippen LogP contribution in [0.25, 0.3) is 0 Å². The molecule has 4 nitrogen and oxygen atoms in total. The van der Waals surface area contributed by atoms with Crippen LogP contribution in [0, 0.1) is 17.3 Å². The molecule has 0 aromatic carbocycles. The Morgan fingerprint density at radius 2 is 2.20 bits per heavy atom. The summed E-state index contributed by atoms with van der Waals surface area (Å²) < 4.78 is 12.1. The van der Waals surface area contributed by atoms with Crippen LogP contribution in [0.15, 0.2) is 10.5 Å². The van der Waals surface area contributed by atoms with Crippen LogP contribution in [0.5, 0.6) is 0 Å². The number of amides is 1. The van der Waals surface area contributed by atoms with E-state index in [-0.39, 0.29) is 11.3 Å². The molecule has 0 radical (unpaired) electrons. The van der Waals surface area contributed by atoms with Crippen molar-refractivity contribution in [3.05, 3.63) is 11.1 Å². The average Bonchev–Trinajstić information content (AvgIpc) is 2.85. The van der Waals surface area contributed by atoms with E-state index in [2.05, 4.69) is 22.1 Å². The Labute approximate surface area is 126 Å². The fraction of sp³-hybridized carbons (Fsp3) is 0.571. The monoisotopic (exact) mass is 312 g/mol. The van der Waals surface area contributed by atoms with Gasteiger partial charge in [-0.1, -0.05) is 12.8 Å². The normalized spacial score (nSPS) is 12.4. The van der Waals surface area contributed by atoms with Gasteiger partial charge in [0.1, 0.15) is 4.88 Å². The number of aromatic nitrogens is 1. The highest BCUT2D eigenvalue weighted by molar-refractivity contribution is 7.87. The van der Waals surface area contributed by atoms with Crippen molar-refractivity contribution in [3.8, 4) is 11.8 Å². The molecule has 1 heterocycles. The molecule has 1 amide bonds. The molecule has 1 unspecified atom stereocenters. The number of hydrogen-bond acceptors (Lipinski definition) is 4. The maximum Gasteiger partial charge on any atom is 0.263 e. The second-order valence-corrected chi connectivity index (χ2v) is 8.13. The van der Waals surface area contributed by atoms with Crippen molar-refractivity contribution < 1.29 is 9.00 Å². The maximum atomic E-state index is 11.8. The van der Waals surface area contributed by atoms with Gasteiger partial charge in [0.2, 0.25) is 0 Å². The second kappa shape index (κ2) is 7.55.